The largest absolute Gasteiger partial charge is 0.378 e. The Morgan fingerprint density at radius 3 is 2.74 bits per heavy atom. The van der Waals surface area contributed by atoms with Gasteiger partial charge in [-0.05, 0) is 23.8 Å². The average Bonchev–Trinajstić information content (AvgIpc) is 2.33. The Morgan fingerprint density at radius 2 is 2.05 bits per heavy atom. The number of aromatic amines is 1. The molecule has 1 N–H and O–H groups in total. The van der Waals surface area contributed by atoms with Gasteiger partial charge in [-0.2, -0.15) is 0 Å². The Balaban J connectivity index is 2.27. The molecule has 0 saturated heterocycles. The minimum atomic E-state index is 0.473. The van der Waals surface area contributed by atoms with E-state index in [1.165, 1.54) is 0 Å². The van der Waals surface area contributed by atoms with Gasteiger partial charge in [0.25, 0.3) is 0 Å². The van der Waals surface area contributed by atoms with E-state index >= 15 is 0 Å². The third kappa shape index (κ3) is 4.01. The molecule has 19 heavy (non-hydrogen) atoms. The van der Waals surface area contributed by atoms with Crippen molar-refractivity contribution in [2.24, 2.45) is 0 Å². The highest BCUT2D eigenvalue weighted by molar-refractivity contribution is 7.71. The molecule has 1 aromatic heterocycles. The zero-order valence-corrected chi connectivity index (χ0v) is 12.6. The van der Waals surface area contributed by atoms with Crippen molar-refractivity contribution in [2.75, 3.05) is 7.11 Å². The summed E-state index contributed by atoms with van der Waals surface area (Å²) in [5.74, 6) is 0.776. The van der Waals surface area contributed by atoms with Crippen molar-refractivity contribution in [3.05, 3.63) is 56.0 Å². The zero-order valence-electron chi connectivity index (χ0n) is 10.2. The topological polar surface area (TPSA) is 37.9 Å². The summed E-state index contributed by atoms with van der Waals surface area (Å²) in [5, 5.41) is 1.07. The van der Waals surface area contributed by atoms with Gasteiger partial charge >= 0.3 is 0 Å². The van der Waals surface area contributed by atoms with Gasteiger partial charge in [0.1, 0.15) is 10.5 Å². The van der Waals surface area contributed by atoms with Gasteiger partial charge in [-0.15, -0.1) is 0 Å². The van der Waals surface area contributed by atoms with Crippen LogP contribution in [-0.2, 0) is 17.8 Å². The molecule has 0 saturated carbocycles. The van der Waals surface area contributed by atoms with Crippen molar-refractivity contribution in [1.82, 2.24) is 9.97 Å². The molecule has 1 aromatic carbocycles. The van der Waals surface area contributed by atoms with E-state index in [-0.39, 0.29) is 0 Å². The molecule has 0 aliphatic rings. The number of hydrogen-bond donors (Lipinski definition) is 1. The third-order valence-electron chi connectivity index (χ3n) is 2.50. The van der Waals surface area contributed by atoms with Crippen LogP contribution in [0.15, 0.2) is 24.3 Å². The van der Waals surface area contributed by atoms with Gasteiger partial charge in [-0.1, -0.05) is 41.5 Å². The molecule has 0 spiro atoms. The number of benzene rings is 1. The van der Waals surface area contributed by atoms with Crippen molar-refractivity contribution in [3.63, 3.8) is 0 Å². The first-order chi connectivity index (χ1) is 9.08. The maximum Gasteiger partial charge on any atom is 0.130 e. The molecular weight excluding hydrogens is 303 g/mol. The van der Waals surface area contributed by atoms with Gasteiger partial charge < -0.3 is 9.72 Å². The molecule has 0 bridgehead atoms. The molecule has 0 aliphatic carbocycles. The molecule has 0 aliphatic heterocycles. The number of rotatable bonds is 4. The fraction of sp³-hybridized carbons (Fsp3) is 0.231. The van der Waals surface area contributed by atoms with E-state index in [0.29, 0.717) is 27.7 Å². The average molecular weight is 315 g/mol. The van der Waals surface area contributed by atoms with E-state index < -0.39 is 0 Å². The minimum absolute atomic E-state index is 0.473. The van der Waals surface area contributed by atoms with Crippen LogP contribution in [0.1, 0.15) is 17.1 Å². The molecule has 1 heterocycles. The Labute approximate surface area is 126 Å². The van der Waals surface area contributed by atoms with Gasteiger partial charge in [-0.3, -0.25) is 0 Å². The van der Waals surface area contributed by atoms with Crippen molar-refractivity contribution >= 4 is 35.4 Å². The number of aromatic nitrogens is 2. The number of methoxy groups -OCH3 is 1. The fourth-order valence-electron chi connectivity index (χ4n) is 1.72. The summed E-state index contributed by atoms with van der Waals surface area (Å²) in [5.41, 5.74) is 1.92. The molecule has 2 aromatic rings. The van der Waals surface area contributed by atoms with E-state index in [1.807, 2.05) is 12.1 Å². The highest BCUT2D eigenvalue weighted by atomic mass is 35.5. The van der Waals surface area contributed by atoms with E-state index in [9.17, 15) is 0 Å². The van der Waals surface area contributed by atoms with Crippen molar-refractivity contribution < 1.29 is 4.74 Å². The van der Waals surface area contributed by atoms with Gasteiger partial charge in [-0.25, -0.2) is 4.98 Å². The minimum Gasteiger partial charge on any atom is -0.378 e. The Kier molecular flexibility index (Phi) is 4.93. The Morgan fingerprint density at radius 1 is 1.26 bits per heavy atom. The highest BCUT2D eigenvalue weighted by Crippen LogP contribution is 2.23. The predicted octanol–water partition coefficient (Wildman–Crippen LogP) is 4.18. The lowest BCUT2D eigenvalue weighted by Crippen LogP contribution is -2.02. The van der Waals surface area contributed by atoms with Gasteiger partial charge in [0.2, 0.25) is 0 Å². The maximum absolute atomic E-state index is 5.99. The van der Waals surface area contributed by atoms with E-state index in [2.05, 4.69) is 9.97 Å². The van der Waals surface area contributed by atoms with Gasteiger partial charge in [0, 0.05) is 19.2 Å². The maximum atomic E-state index is 5.99. The number of nitrogens with zero attached hydrogens (tertiary/aromatic N) is 1. The molecule has 2 rings (SSSR count). The van der Waals surface area contributed by atoms with E-state index in [1.54, 1.807) is 19.2 Å². The number of nitrogens with one attached hydrogen (secondary N) is 1. The van der Waals surface area contributed by atoms with Crippen molar-refractivity contribution in [3.8, 4) is 0 Å². The van der Waals surface area contributed by atoms with E-state index in [4.69, 9.17) is 40.2 Å². The molecule has 0 amide bonds. The zero-order chi connectivity index (χ0) is 13.8. The van der Waals surface area contributed by atoms with Crippen LogP contribution >= 0.6 is 35.4 Å². The van der Waals surface area contributed by atoms with Crippen molar-refractivity contribution in [1.29, 1.82) is 0 Å². The first-order valence-corrected chi connectivity index (χ1v) is 6.77. The second-order valence-electron chi connectivity index (χ2n) is 4.05. The van der Waals surface area contributed by atoms with Crippen LogP contribution in [0.2, 0.25) is 10.0 Å². The molecule has 6 heteroatoms. The lowest BCUT2D eigenvalue weighted by Gasteiger charge is -2.06. The first-order valence-electron chi connectivity index (χ1n) is 5.60. The summed E-state index contributed by atoms with van der Waals surface area (Å²) >= 11 is 17.0. The van der Waals surface area contributed by atoms with Crippen LogP contribution in [0.3, 0.4) is 0 Å². The quantitative estimate of drug-likeness (QED) is 0.860. The molecular formula is C13H12Cl2N2OS. The number of ether oxygens (including phenoxy) is 1. The summed E-state index contributed by atoms with van der Waals surface area (Å²) in [6, 6.07) is 7.30. The monoisotopic (exact) mass is 314 g/mol. The normalized spacial score (nSPS) is 10.7. The van der Waals surface area contributed by atoms with Gasteiger partial charge in [0.15, 0.2) is 0 Å². The van der Waals surface area contributed by atoms with Crippen LogP contribution < -0.4 is 0 Å². The van der Waals surface area contributed by atoms with Crippen LogP contribution in [-0.4, -0.2) is 17.1 Å². The molecule has 0 atom stereocenters. The lowest BCUT2D eigenvalue weighted by atomic mass is 10.1. The van der Waals surface area contributed by atoms with Crippen LogP contribution in [0.4, 0.5) is 0 Å². The molecule has 0 fully saturated rings. The molecule has 0 unspecified atom stereocenters. The summed E-state index contributed by atoms with van der Waals surface area (Å²) in [4.78, 5) is 7.48. The molecule has 3 nitrogen and oxygen atoms in total. The van der Waals surface area contributed by atoms with E-state index in [0.717, 1.165) is 17.1 Å². The summed E-state index contributed by atoms with van der Waals surface area (Å²) < 4.78 is 5.62. The molecule has 100 valence electrons. The standard InChI is InChI=1S/C13H12Cl2N2OS/c1-18-7-9-6-13(19)17-12(16-9)5-8-2-3-10(14)11(15)4-8/h2-4,6H,5,7H2,1H3,(H,16,17,19). The van der Waals surface area contributed by atoms with Gasteiger partial charge in [0.05, 0.1) is 16.7 Å². The number of halogens is 2. The summed E-state index contributed by atoms with van der Waals surface area (Å²) in [6.07, 6.45) is 0.609. The SMILES string of the molecule is COCc1cc(=S)nc(Cc2ccc(Cl)c(Cl)c2)[nH]1. The second kappa shape index (κ2) is 6.48. The molecule has 0 radical (unpaired) electrons. The second-order valence-corrected chi connectivity index (χ2v) is 5.28. The summed E-state index contributed by atoms with van der Waals surface area (Å²) in [6.45, 7) is 0.473. The summed E-state index contributed by atoms with van der Waals surface area (Å²) in [7, 11) is 1.63. The first kappa shape index (κ1) is 14.5. The predicted molar refractivity (Wildman–Crippen MR) is 79.4 cm³/mol. The van der Waals surface area contributed by atoms with Crippen LogP contribution in [0, 0.1) is 4.64 Å². The van der Waals surface area contributed by atoms with Crippen LogP contribution in [0.5, 0.6) is 0 Å². The fourth-order valence-corrected chi connectivity index (χ4v) is 2.30. The Hall–Kier alpha value is -0.940. The highest BCUT2D eigenvalue weighted by Gasteiger charge is 2.04. The number of H-pyrrole nitrogens is 1. The van der Waals surface area contributed by atoms with Crippen LogP contribution in [0.25, 0.3) is 0 Å². The lowest BCUT2D eigenvalue weighted by molar-refractivity contribution is 0.181. The number of hydrogen-bond acceptors (Lipinski definition) is 3. The smallest absolute Gasteiger partial charge is 0.130 e. The third-order valence-corrected chi connectivity index (χ3v) is 3.45. The Bertz CT molecular complexity index is 643. The van der Waals surface area contributed by atoms with Crippen molar-refractivity contribution in [2.45, 2.75) is 13.0 Å².